The van der Waals surface area contributed by atoms with Crippen molar-refractivity contribution in [2.75, 3.05) is 40.4 Å². The number of hydrogen-bond donors (Lipinski definition) is 4. The Bertz CT molecular complexity index is 1380. The van der Waals surface area contributed by atoms with E-state index in [1.54, 1.807) is 0 Å². The third-order valence-electron chi connectivity index (χ3n) is 4.70. The van der Waals surface area contributed by atoms with Gasteiger partial charge in [0.2, 0.25) is 0 Å². The Balaban J connectivity index is -0.000000199. The first-order chi connectivity index (χ1) is 23.4. The predicted molar refractivity (Wildman–Crippen MR) is 160 cm³/mol. The van der Waals surface area contributed by atoms with Gasteiger partial charge in [0, 0.05) is 27.3 Å². The largest absolute Gasteiger partial charge is 2.00 e. The molecule has 0 saturated carbocycles. The van der Waals surface area contributed by atoms with Crippen molar-refractivity contribution < 1.29 is 94.3 Å². The van der Waals surface area contributed by atoms with Gasteiger partial charge in [0.1, 0.15) is 0 Å². The van der Waals surface area contributed by atoms with Crippen LogP contribution in [0.2, 0.25) is 0 Å². The number of hydrogen-bond acceptors (Lipinski definition) is 22. The number of nitrogens with two attached hydrogens (primary N) is 2. The van der Waals surface area contributed by atoms with Crippen LogP contribution in [0.1, 0.15) is 12.8 Å². The minimum absolute atomic E-state index is 0. The normalized spacial score (nSPS) is 9.81. The van der Waals surface area contributed by atoms with Crippen LogP contribution in [0.25, 0.3) is 0 Å². The topological polar surface area (TPSA) is 468 Å². The molecule has 52 heavy (non-hydrogen) atoms. The first-order valence-corrected chi connectivity index (χ1v) is 12.7. The molecule has 28 nitrogen and oxygen atoms in total. The number of benzene rings is 2. The van der Waals surface area contributed by atoms with Crippen molar-refractivity contribution in [3.63, 3.8) is 0 Å². The van der Waals surface area contributed by atoms with Crippen LogP contribution in [0.5, 0.6) is 11.5 Å². The van der Waals surface area contributed by atoms with E-state index < -0.39 is 87.0 Å². The number of aliphatic hydroxyl groups is 2. The fourth-order valence-corrected chi connectivity index (χ4v) is 2.60. The van der Waals surface area contributed by atoms with Crippen molar-refractivity contribution in [1.82, 2.24) is 0 Å². The van der Waals surface area contributed by atoms with E-state index in [9.17, 15) is 81.1 Å². The van der Waals surface area contributed by atoms with Crippen LogP contribution in [0.3, 0.4) is 0 Å². The number of aliphatic hydroxyl groups excluding tert-OH is 2. The summed E-state index contributed by atoms with van der Waals surface area (Å²) in [4.78, 5) is 62.0. The van der Waals surface area contributed by atoms with Crippen molar-refractivity contribution in [3.05, 3.63) is 85.0 Å². The van der Waals surface area contributed by atoms with Crippen LogP contribution < -0.4 is 31.9 Å². The number of nitrogens with zero attached hydrogens (tertiary/aromatic N) is 8. The molecule has 0 amide bonds. The third kappa shape index (κ3) is 20.1. The average Bonchev–Trinajstić information content (AvgIpc) is 3.06. The second-order valence-corrected chi connectivity index (χ2v) is 7.83. The molecule has 296 valence electrons. The molecule has 0 aliphatic heterocycles. The van der Waals surface area contributed by atoms with E-state index in [-0.39, 0.29) is 47.2 Å². The summed E-state index contributed by atoms with van der Waals surface area (Å²) >= 11 is 0. The number of nitro groups is 6. The minimum Gasteiger partial charge on any atom is -0.863 e. The molecule has 2 rings (SSSR count). The molecule has 0 heterocycles. The smallest absolute Gasteiger partial charge is 0.863 e. The molecule has 0 bridgehead atoms. The molecule has 0 spiro atoms. The van der Waals surface area contributed by atoms with Crippen LogP contribution in [0.15, 0.2) is 34.3 Å². The Kier molecular flexibility index (Phi) is 32.2. The van der Waals surface area contributed by atoms with Crippen molar-refractivity contribution in [2.45, 2.75) is 12.8 Å². The molecule has 0 aromatic heterocycles. The van der Waals surface area contributed by atoms with E-state index in [0.717, 1.165) is 14.2 Å². The Morgan fingerprint density at radius 1 is 0.538 bits per heavy atom. The van der Waals surface area contributed by atoms with E-state index in [1.807, 2.05) is 0 Å². The van der Waals surface area contributed by atoms with Gasteiger partial charge in [-0.25, -0.2) is 0 Å². The van der Waals surface area contributed by atoms with Crippen molar-refractivity contribution in [2.24, 2.45) is 21.5 Å². The van der Waals surface area contributed by atoms with Gasteiger partial charge < -0.3 is 52.1 Å². The SMILES string of the molecule is CO.CO.NCCCN=C([O-])C([O-])=NCCCN.O=[N+]([O-])c1cc([N+](=O)[O-])c([O-])c([N+](=O)[O-])c1.O=[N+]([O-])c1cc([N+](=O)[O-])c([O-])c([N+](=O)[O-])c1.[Cu+2].[Cu+2]. The zero-order valence-electron chi connectivity index (χ0n) is 26.3. The third-order valence-corrected chi connectivity index (χ3v) is 4.70. The quantitative estimate of drug-likeness (QED) is 0.0424. The van der Waals surface area contributed by atoms with Gasteiger partial charge >= 0.3 is 34.1 Å². The van der Waals surface area contributed by atoms with Crippen LogP contribution >= 0.6 is 0 Å². The zero-order chi connectivity index (χ0) is 39.7. The number of non-ortho nitro benzene ring substituents is 2. The summed E-state index contributed by atoms with van der Waals surface area (Å²) in [6, 6.07) is 1.54. The summed E-state index contributed by atoms with van der Waals surface area (Å²) in [7, 11) is 2.00. The van der Waals surface area contributed by atoms with Crippen molar-refractivity contribution >= 4 is 45.9 Å². The second kappa shape index (κ2) is 30.1. The summed E-state index contributed by atoms with van der Waals surface area (Å²) in [6.07, 6.45) is 1.20. The van der Waals surface area contributed by atoms with Gasteiger partial charge in [0.15, 0.2) is 0 Å². The predicted octanol–water partition coefficient (Wildman–Crippen LogP) is -2.62. The van der Waals surface area contributed by atoms with E-state index in [4.69, 9.17) is 21.7 Å². The van der Waals surface area contributed by atoms with Gasteiger partial charge in [-0.05, 0) is 37.7 Å². The maximum absolute atomic E-state index is 11.1. The molecule has 2 aromatic rings. The monoisotopic (exact) mass is 846 g/mol. The Labute approximate surface area is 311 Å². The molecule has 6 N–H and O–H groups in total. The Morgan fingerprint density at radius 2 is 0.750 bits per heavy atom. The van der Waals surface area contributed by atoms with Crippen LogP contribution in [-0.2, 0) is 34.1 Å². The van der Waals surface area contributed by atoms with Crippen molar-refractivity contribution in [1.29, 1.82) is 0 Å². The molecule has 2 aromatic carbocycles. The van der Waals surface area contributed by atoms with Gasteiger partial charge in [-0.1, -0.05) is 0 Å². The molecule has 0 aliphatic carbocycles. The summed E-state index contributed by atoms with van der Waals surface area (Å²) < 4.78 is 0. The van der Waals surface area contributed by atoms with Gasteiger partial charge in [-0.15, -0.1) is 0 Å². The van der Waals surface area contributed by atoms with Gasteiger partial charge in [-0.3, -0.25) is 60.7 Å². The van der Waals surface area contributed by atoms with E-state index in [0.29, 0.717) is 50.2 Å². The average molecular weight is 848 g/mol. The summed E-state index contributed by atoms with van der Waals surface area (Å²) in [5.41, 5.74) is 3.86. The molecular formula is C22H28Cu2N10O18. The summed E-state index contributed by atoms with van der Waals surface area (Å²) in [5.74, 6) is -4.51. The Hall–Kier alpha value is -5.74. The first kappa shape index (κ1) is 55.7. The standard InChI is InChI=1S/C8H18N4O2.2C6H3N3O7.2CH4O.2Cu/c9-3-1-5-11-7(13)8(14)12-6-2-4-10;2*10-6-4(8(13)14)1-3(7(11)12)2-5(6)9(15)16;2*1-2;;/h1-6,9-10H2,(H,11,13)(H,12,14);2*1-2,10H;2*2H,1H3;;/q;;;;;2*+2/p-4. The molecule has 30 heteroatoms. The molecule has 0 aliphatic rings. The molecule has 0 atom stereocenters. The molecule has 0 fully saturated rings. The molecule has 0 unspecified atom stereocenters. The zero-order valence-corrected chi connectivity index (χ0v) is 28.2. The number of nitro benzene ring substituents is 6. The van der Waals surface area contributed by atoms with Crippen LogP contribution in [0.4, 0.5) is 34.1 Å². The van der Waals surface area contributed by atoms with E-state index >= 15 is 0 Å². The fourth-order valence-electron chi connectivity index (χ4n) is 2.60. The summed E-state index contributed by atoms with van der Waals surface area (Å²) in [5, 5.41) is 120. The minimum atomic E-state index is -1.46. The number of rotatable bonds is 12. The van der Waals surface area contributed by atoms with Crippen LogP contribution in [-0.4, -0.2) is 91.9 Å². The van der Waals surface area contributed by atoms with Gasteiger partial charge in [-0.2, -0.15) is 0 Å². The van der Waals surface area contributed by atoms with E-state index in [2.05, 4.69) is 9.98 Å². The van der Waals surface area contributed by atoms with Crippen molar-refractivity contribution in [3.8, 4) is 11.5 Å². The van der Waals surface area contributed by atoms with Gasteiger partial charge in [0.25, 0.3) is 34.1 Å². The van der Waals surface area contributed by atoms with Gasteiger partial charge in [0.05, 0.1) is 65.3 Å². The van der Waals surface area contributed by atoms with Crippen LogP contribution in [0, 0.1) is 60.7 Å². The molecule has 0 saturated heterocycles. The summed E-state index contributed by atoms with van der Waals surface area (Å²) in [6.45, 7) is 1.48. The Morgan fingerprint density at radius 3 is 0.904 bits per heavy atom. The first-order valence-electron chi connectivity index (χ1n) is 12.7. The number of aliphatic imine (C=N–C) groups is 2. The molecular weight excluding hydrogens is 819 g/mol. The maximum Gasteiger partial charge on any atom is 2.00 e. The van der Waals surface area contributed by atoms with E-state index in [1.165, 1.54) is 0 Å². The maximum atomic E-state index is 11.1. The molecule has 2 radical (unpaired) electrons. The fraction of sp³-hybridized carbons (Fsp3) is 0.364. The second-order valence-electron chi connectivity index (χ2n) is 7.83.